The molecule has 0 saturated carbocycles. The van der Waals surface area contributed by atoms with Crippen molar-refractivity contribution in [2.45, 2.75) is 6.42 Å². The fourth-order valence-electron chi connectivity index (χ4n) is 2.68. The molecule has 0 aliphatic carbocycles. The Morgan fingerprint density at radius 1 is 0.920 bits per heavy atom. The van der Waals surface area contributed by atoms with E-state index in [9.17, 15) is 14.4 Å². The first-order valence-electron chi connectivity index (χ1n) is 7.75. The Balaban J connectivity index is 1.56. The van der Waals surface area contributed by atoms with Crippen LogP contribution in [-0.2, 0) is 4.84 Å². The highest BCUT2D eigenvalue weighted by atomic mass is 16.7. The third-order valence-corrected chi connectivity index (χ3v) is 3.91. The van der Waals surface area contributed by atoms with Crippen molar-refractivity contribution in [3.8, 4) is 11.5 Å². The van der Waals surface area contributed by atoms with Gasteiger partial charge in [0.05, 0.1) is 29.9 Å². The summed E-state index contributed by atoms with van der Waals surface area (Å²) in [6.07, 6.45) is 0.740. The lowest BCUT2D eigenvalue weighted by Gasteiger charge is -2.13. The molecular weight excluding hydrogens is 326 g/mol. The molecule has 0 N–H and O–H groups in total. The first-order valence-corrected chi connectivity index (χ1v) is 7.75. The highest BCUT2D eigenvalue weighted by Gasteiger charge is 2.38. The molecule has 2 amide bonds. The number of amides is 2. The number of hydroxylamine groups is 2. The van der Waals surface area contributed by atoms with Gasteiger partial charge < -0.3 is 14.3 Å². The Morgan fingerprint density at radius 2 is 1.56 bits per heavy atom. The number of carbonyl (C=O) groups is 3. The lowest BCUT2D eigenvalue weighted by Crippen LogP contribution is -2.32. The van der Waals surface area contributed by atoms with Gasteiger partial charge in [0.25, 0.3) is 11.8 Å². The molecule has 2 aliphatic heterocycles. The van der Waals surface area contributed by atoms with Crippen molar-refractivity contribution in [2.75, 3.05) is 13.2 Å². The molecule has 0 saturated heterocycles. The molecule has 0 fully saturated rings. The van der Waals surface area contributed by atoms with Crippen LogP contribution in [0.2, 0.25) is 0 Å². The van der Waals surface area contributed by atoms with Gasteiger partial charge in [-0.3, -0.25) is 9.59 Å². The summed E-state index contributed by atoms with van der Waals surface area (Å²) in [5.41, 5.74) is 0.568. The number of nitrogens with zero attached hydrogens (tertiary/aromatic N) is 1. The van der Waals surface area contributed by atoms with Gasteiger partial charge in [-0.2, -0.15) is 0 Å². The minimum Gasteiger partial charge on any atom is -0.490 e. The Labute approximate surface area is 142 Å². The van der Waals surface area contributed by atoms with Gasteiger partial charge in [-0.05, 0) is 30.3 Å². The van der Waals surface area contributed by atoms with Crippen LogP contribution in [0.5, 0.6) is 11.5 Å². The summed E-state index contributed by atoms with van der Waals surface area (Å²) in [6, 6.07) is 10.9. The lowest BCUT2D eigenvalue weighted by atomic mass is 10.1. The molecule has 4 rings (SSSR count). The summed E-state index contributed by atoms with van der Waals surface area (Å²) in [5, 5.41) is 0.482. The highest BCUT2D eigenvalue weighted by Crippen LogP contribution is 2.31. The molecule has 2 aromatic rings. The number of ether oxygens (including phenoxy) is 2. The summed E-state index contributed by atoms with van der Waals surface area (Å²) in [5.74, 6) is -1.19. The first-order chi connectivity index (χ1) is 12.1. The standard InChI is InChI=1S/C18H13NO6/c20-16-12-4-1-2-5-13(12)17(21)19(16)25-18(22)11-6-7-14-15(10-11)24-9-3-8-23-14/h1-2,4-7,10H,3,8-9H2. The Bertz CT molecular complexity index is 856. The van der Waals surface area contributed by atoms with Gasteiger partial charge in [0.1, 0.15) is 0 Å². The van der Waals surface area contributed by atoms with E-state index in [0.29, 0.717) is 29.8 Å². The Morgan fingerprint density at radius 3 is 2.24 bits per heavy atom. The molecule has 25 heavy (non-hydrogen) atoms. The van der Waals surface area contributed by atoms with Gasteiger partial charge in [-0.1, -0.05) is 17.2 Å². The van der Waals surface area contributed by atoms with Crippen LogP contribution < -0.4 is 9.47 Å². The predicted octanol–water partition coefficient (Wildman–Crippen LogP) is 2.22. The fraction of sp³-hybridized carbons (Fsp3) is 0.167. The quantitative estimate of drug-likeness (QED) is 0.780. The van der Waals surface area contributed by atoms with Crippen molar-refractivity contribution >= 4 is 17.8 Å². The number of fused-ring (bicyclic) bond motifs is 2. The molecule has 0 aromatic heterocycles. The summed E-state index contributed by atoms with van der Waals surface area (Å²) < 4.78 is 11.0. The normalized spacial score (nSPS) is 15.6. The Kier molecular flexibility index (Phi) is 3.61. The zero-order valence-electron chi connectivity index (χ0n) is 13.1. The third kappa shape index (κ3) is 2.59. The van der Waals surface area contributed by atoms with Gasteiger partial charge in [-0.15, -0.1) is 0 Å². The molecule has 7 nitrogen and oxygen atoms in total. The van der Waals surface area contributed by atoms with E-state index in [4.69, 9.17) is 14.3 Å². The molecule has 0 bridgehead atoms. The molecular formula is C18H13NO6. The second-order valence-corrected chi connectivity index (χ2v) is 5.54. The smallest absolute Gasteiger partial charge is 0.364 e. The number of carbonyl (C=O) groups excluding carboxylic acids is 3. The van der Waals surface area contributed by atoms with Crippen molar-refractivity contribution in [3.63, 3.8) is 0 Å². The highest BCUT2D eigenvalue weighted by molar-refractivity contribution is 6.21. The topological polar surface area (TPSA) is 82.1 Å². The molecule has 7 heteroatoms. The van der Waals surface area contributed by atoms with E-state index < -0.39 is 17.8 Å². The van der Waals surface area contributed by atoms with E-state index in [1.54, 1.807) is 18.2 Å². The van der Waals surface area contributed by atoms with Crippen molar-refractivity contribution in [1.82, 2.24) is 5.06 Å². The molecule has 126 valence electrons. The number of rotatable bonds is 2. The van der Waals surface area contributed by atoms with Crippen LogP contribution in [0.25, 0.3) is 0 Å². The van der Waals surface area contributed by atoms with Crippen LogP contribution in [0, 0.1) is 0 Å². The number of hydrogen-bond donors (Lipinski definition) is 0. The van der Waals surface area contributed by atoms with Crippen molar-refractivity contribution in [1.29, 1.82) is 0 Å². The maximum absolute atomic E-state index is 12.3. The zero-order chi connectivity index (χ0) is 17.4. The van der Waals surface area contributed by atoms with E-state index >= 15 is 0 Å². The summed E-state index contributed by atoms with van der Waals surface area (Å²) in [6.45, 7) is 1.01. The lowest BCUT2D eigenvalue weighted by molar-refractivity contribution is -0.0584. The number of benzene rings is 2. The van der Waals surface area contributed by atoms with Gasteiger partial charge in [-0.25, -0.2) is 4.79 Å². The van der Waals surface area contributed by atoms with Crippen molar-refractivity contribution < 1.29 is 28.7 Å². The molecule has 0 atom stereocenters. The van der Waals surface area contributed by atoms with Crippen molar-refractivity contribution in [2.24, 2.45) is 0 Å². The van der Waals surface area contributed by atoms with Crippen LogP contribution in [0.3, 0.4) is 0 Å². The second kappa shape index (κ2) is 5.94. The molecule has 2 heterocycles. The molecule has 0 unspecified atom stereocenters. The molecule has 2 aliphatic rings. The van der Waals surface area contributed by atoms with Gasteiger partial charge >= 0.3 is 5.97 Å². The summed E-state index contributed by atoms with van der Waals surface area (Å²) in [7, 11) is 0. The van der Waals surface area contributed by atoms with Crippen molar-refractivity contribution in [3.05, 3.63) is 59.2 Å². The minimum absolute atomic E-state index is 0.154. The minimum atomic E-state index is -0.829. The number of imide groups is 1. The average Bonchev–Trinajstić information content (AvgIpc) is 2.81. The van der Waals surface area contributed by atoms with Gasteiger partial charge in [0.15, 0.2) is 11.5 Å². The van der Waals surface area contributed by atoms with E-state index in [-0.39, 0.29) is 16.7 Å². The van der Waals surface area contributed by atoms with Crippen LogP contribution in [0.1, 0.15) is 37.5 Å². The fourth-order valence-corrected chi connectivity index (χ4v) is 2.68. The average molecular weight is 339 g/mol. The van der Waals surface area contributed by atoms with Crippen LogP contribution >= 0.6 is 0 Å². The Hall–Kier alpha value is -3.35. The SMILES string of the molecule is O=C(ON1C(=O)c2ccccc2C1=O)c1ccc2c(c1)OCCCO2. The van der Waals surface area contributed by atoms with Gasteiger partial charge in [0, 0.05) is 6.42 Å². The van der Waals surface area contributed by atoms with E-state index in [2.05, 4.69) is 0 Å². The third-order valence-electron chi connectivity index (χ3n) is 3.91. The largest absolute Gasteiger partial charge is 0.490 e. The monoisotopic (exact) mass is 339 g/mol. The van der Waals surface area contributed by atoms with Crippen LogP contribution in [-0.4, -0.2) is 36.1 Å². The van der Waals surface area contributed by atoms with E-state index in [0.717, 1.165) is 6.42 Å². The zero-order valence-corrected chi connectivity index (χ0v) is 13.1. The predicted molar refractivity (Wildman–Crippen MR) is 84.4 cm³/mol. The maximum atomic E-state index is 12.3. The van der Waals surface area contributed by atoms with E-state index in [1.165, 1.54) is 24.3 Å². The van der Waals surface area contributed by atoms with Crippen LogP contribution in [0.15, 0.2) is 42.5 Å². The second-order valence-electron chi connectivity index (χ2n) is 5.54. The van der Waals surface area contributed by atoms with E-state index in [1.807, 2.05) is 0 Å². The molecule has 2 aromatic carbocycles. The summed E-state index contributed by atoms with van der Waals surface area (Å²) in [4.78, 5) is 41.8. The molecule has 0 radical (unpaired) electrons. The molecule has 0 spiro atoms. The number of hydrogen-bond acceptors (Lipinski definition) is 6. The summed E-state index contributed by atoms with van der Waals surface area (Å²) >= 11 is 0. The van der Waals surface area contributed by atoms with Gasteiger partial charge in [0.2, 0.25) is 0 Å². The first kappa shape index (κ1) is 15.2. The maximum Gasteiger partial charge on any atom is 0.364 e. The van der Waals surface area contributed by atoms with Crippen LogP contribution in [0.4, 0.5) is 0 Å².